The van der Waals surface area contributed by atoms with Crippen LogP contribution in [0.4, 0.5) is 5.82 Å². The average molecular weight is 287 g/mol. The van der Waals surface area contributed by atoms with E-state index in [1.807, 2.05) is 0 Å². The third kappa shape index (κ3) is 3.88. The van der Waals surface area contributed by atoms with E-state index < -0.39 is 20.6 Å². The van der Waals surface area contributed by atoms with Gasteiger partial charge in [-0.2, -0.15) is 0 Å². The number of hydrogen-bond acceptors (Lipinski definition) is 7. The first-order valence-corrected chi connectivity index (χ1v) is 7.41. The van der Waals surface area contributed by atoms with Gasteiger partial charge in [0, 0.05) is 19.0 Å². The van der Waals surface area contributed by atoms with Crippen molar-refractivity contribution in [3.63, 3.8) is 0 Å². The summed E-state index contributed by atoms with van der Waals surface area (Å²) in [4.78, 5) is 19.0. The van der Waals surface area contributed by atoms with Gasteiger partial charge in [0.2, 0.25) is 5.82 Å². The number of rotatable bonds is 5. The Kier molecular flexibility index (Phi) is 4.46. The number of carbonyl (C=O) groups is 1. The largest absolute Gasteiger partial charge is 0.463 e. The van der Waals surface area contributed by atoms with Crippen LogP contribution in [0.15, 0.2) is 12.3 Å². The minimum Gasteiger partial charge on any atom is -0.463 e. The second-order valence-electron chi connectivity index (χ2n) is 4.64. The zero-order valence-corrected chi connectivity index (χ0v) is 12.1. The van der Waals surface area contributed by atoms with Gasteiger partial charge < -0.3 is 10.1 Å². The highest BCUT2D eigenvalue weighted by Gasteiger charge is 2.30. The minimum absolute atomic E-state index is 0.0790. The Morgan fingerprint density at radius 3 is 2.63 bits per heavy atom. The van der Waals surface area contributed by atoms with E-state index in [9.17, 15) is 13.2 Å². The Bertz CT molecular complexity index is 569. The molecular formula is C11H17N3O4S. The van der Waals surface area contributed by atoms with Crippen molar-refractivity contribution in [1.82, 2.24) is 9.97 Å². The van der Waals surface area contributed by atoms with Gasteiger partial charge in [-0.25, -0.2) is 23.2 Å². The molecule has 0 saturated carbocycles. The van der Waals surface area contributed by atoms with Crippen molar-refractivity contribution >= 4 is 21.6 Å². The minimum atomic E-state index is -3.20. The van der Waals surface area contributed by atoms with E-state index in [-0.39, 0.29) is 12.4 Å². The van der Waals surface area contributed by atoms with Crippen molar-refractivity contribution in [2.75, 3.05) is 25.2 Å². The van der Waals surface area contributed by atoms with Gasteiger partial charge in [0.05, 0.1) is 11.9 Å². The fraction of sp³-hybridized carbons (Fsp3) is 0.545. The van der Waals surface area contributed by atoms with Crippen molar-refractivity contribution in [3.05, 3.63) is 18.1 Å². The molecule has 106 valence electrons. The monoisotopic (exact) mass is 287 g/mol. The zero-order valence-electron chi connectivity index (χ0n) is 11.3. The molecule has 0 saturated heterocycles. The Morgan fingerprint density at radius 1 is 1.47 bits per heavy atom. The Balaban J connectivity index is 2.82. The predicted octanol–water partition coefficient (Wildman–Crippen LogP) is 0.498. The lowest BCUT2D eigenvalue weighted by Gasteiger charge is -2.23. The molecule has 0 aliphatic rings. The topological polar surface area (TPSA) is 98.2 Å². The summed E-state index contributed by atoms with van der Waals surface area (Å²) >= 11 is 0. The summed E-state index contributed by atoms with van der Waals surface area (Å²) in [5, 5.41) is 2.87. The number of nitrogens with zero attached hydrogens (tertiary/aromatic N) is 2. The normalized spacial score (nSPS) is 12.0. The molecular weight excluding hydrogens is 270 g/mol. The number of carbonyl (C=O) groups excluding carboxylic acids is 1. The van der Waals surface area contributed by atoms with Gasteiger partial charge in [-0.3, -0.25) is 0 Å². The van der Waals surface area contributed by atoms with Gasteiger partial charge >= 0.3 is 5.97 Å². The summed E-state index contributed by atoms with van der Waals surface area (Å²) in [6.07, 6.45) is 2.57. The first kappa shape index (κ1) is 15.4. The number of sulfone groups is 1. The maximum Gasteiger partial charge on any atom is 0.376 e. The van der Waals surface area contributed by atoms with Crippen molar-refractivity contribution < 1.29 is 17.9 Å². The van der Waals surface area contributed by atoms with Crippen LogP contribution in [0.25, 0.3) is 0 Å². The molecule has 1 aromatic rings. The van der Waals surface area contributed by atoms with Gasteiger partial charge in [0.15, 0.2) is 9.84 Å². The highest BCUT2D eigenvalue weighted by molar-refractivity contribution is 7.92. The van der Waals surface area contributed by atoms with Gasteiger partial charge in [-0.15, -0.1) is 0 Å². The molecule has 1 heterocycles. The van der Waals surface area contributed by atoms with Crippen LogP contribution < -0.4 is 5.32 Å². The van der Waals surface area contributed by atoms with Gasteiger partial charge in [-0.05, 0) is 19.9 Å². The highest BCUT2D eigenvalue weighted by Crippen LogP contribution is 2.15. The number of ether oxygens (including phenoxy) is 1. The van der Waals surface area contributed by atoms with Gasteiger partial charge in [-0.1, -0.05) is 0 Å². The highest BCUT2D eigenvalue weighted by atomic mass is 32.2. The Hall–Kier alpha value is -1.70. The molecule has 0 bridgehead atoms. The van der Waals surface area contributed by atoms with E-state index in [0.717, 1.165) is 0 Å². The molecule has 0 aliphatic carbocycles. The van der Waals surface area contributed by atoms with Crippen LogP contribution in [-0.4, -0.2) is 49.0 Å². The van der Waals surface area contributed by atoms with E-state index in [4.69, 9.17) is 0 Å². The molecule has 8 heteroatoms. The van der Waals surface area contributed by atoms with E-state index in [0.29, 0.717) is 5.82 Å². The van der Waals surface area contributed by atoms with Gasteiger partial charge in [0.1, 0.15) is 5.82 Å². The third-order valence-electron chi connectivity index (χ3n) is 2.72. The summed E-state index contributed by atoms with van der Waals surface area (Å²) in [6.45, 7) is 3.39. The molecule has 0 atom stereocenters. The molecule has 0 amide bonds. The number of methoxy groups -OCH3 is 1. The first-order chi connectivity index (χ1) is 8.67. The maximum atomic E-state index is 11.5. The van der Waals surface area contributed by atoms with E-state index in [2.05, 4.69) is 20.0 Å². The molecule has 0 fully saturated rings. The van der Waals surface area contributed by atoms with Crippen molar-refractivity contribution in [2.24, 2.45) is 0 Å². The van der Waals surface area contributed by atoms with Gasteiger partial charge in [0.25, 0.3) is 0 Å². The van der Waals surface area contributed by atoms with Crippen LogP contribution in [0, 0.1) is 0 Å². The fourth-order valence-corrected chi connectivity index (χ4v) is 1.42. The number of esters is 1. The molecule has 1 N–H and O–H groups in total. The summed E-state index contributed by atoms with van der Waals surface area (Å²) in [5.74, 6) is -0.359. The van der Waals surface area contributed by atoms with Crippen molar-refractivity contribution in [3.8, 4) is 0 Å². The van der Waals surface area contributed by atoms with E-state index >= 15 is 0 Å². The quantitative estimate of drug-likeness (QED) is 0.787. The molecule has 1 rings (SSSR count). The standard InChI is InChI=1S/C11H17N3O4S/c1-11(2,19(4,16)17)7-13-8-5-6-12-9(14-8)10(15)18-3/h5-6H,7H2,1-4H3,(H,12,13,14). The SMILES string of the molecule is COC(=O)c1nccc(NCC(C)(C)S(C)(=O)=O)n1. The lowest BCUT2D eigenvalue weighted by atomic mass is 10.2. The number of anilines is 1. The first-order valence-electron chi connectivity index (χ1n) is 5.52. The molecule has 0 spiro atoms. The smallest absolute Gasteiger partial charge is 0.376 e. The molecule has 0 aliphatic heterocycles. The Labute approximate surface area is 112 Å². The average Bonchev–Trinajstić information content (AvgIpc) is 2.34. The fourth-order valence-electron chi connectivity index (χ4n) is 1.08. The number of nitrogens with one attached hydrogen (secondary N) is 1. The number of aromatic nitrogens is 2. The molecule has 19 heavy (non-hydrogen) atoms. The third-order valence-corrected chi connectivity index (χ3v) is 4.87. The van der Waals surface area contributed by atoms with Crippen molar-refractivity contribution in [2.45, 2.75) is 18.6 Å². The summed E-state index contributed by atoms with van der Waals surface area (Å²) in [6, 6.07) is 1.55. The second-order valence-corrected chi connectivity index (χ2v) is 7.29. The van der Waals surface area contributed by atoms with Crippen LogP contribution in [0.3, 0.4) is 0 Å². The van der Waals surface area contributed by atoms with Crippen LogP contribution >= 0.6 is 0 Å². The maximum absolute atomic E-state index is 11.5. The second kappa shape index (κ2) is 5.52. The van der Waals surface area contributed by atoms with Crippen LogP contribution in [-0.2, 0) is 14.6 Å². The summed E-state index contributed by atoms with van der Waals surface area (Å²) < 4.78 is 26.7. The summed E-state index contributed by atoms with van der Waals surface area (Å²) in [5.41, 5.74) is 0. The molecule has 0 radical (unpaired) electrons. The predicted molar refractivity (Wildman–Crippen MR) is 70.8 cm³/mol. The molecule has 7 nitrogen and oxygen atoms in total. The van der Waals surface area contributed by atoms with Crippen LogP contribution in [0.5, 0.6) is 0 Å². The molecule has 0 unspecified atom stereocenters. The van der Waals surface area contributed by atoms with E-state index in [1.54, 1.807) is 19.9 Å². The van der Waals surface area contributed by atoms with Crippen LogP contribution in [0.1, 0.15) is 24.5 Å². The van der Waals surface area contributed by atoms with E-state index in [1.165, 1.54) is 19.6 Å². The Morgan fingerprint density at radius 2 is 2.11 bits per heavy atom. The lowest BCUT2D eigenvalue weighted by molar-refractivity contribution is 0.0587. The van der Waals surface area contributed by atoms with Crippen molar-refractivity contribution in [1.29, 1.82) is 0 Å². The van der Waals surface area contributed by atoms with Crippen LogP contribution in [0.2, 0.25) is 0 Å². The molecule has 1 aromatic heterocycles. The number of hydrogen-bond donors (Lipinski definition) is 1. The molecule has 0 aromatic carbocycles. The zero-order chi connectivity index (χ0) is 14.7. The lowest BCUT2D eigenvalue weighted by Crippen LogP contribution is -2.38. The summed E-state index contributed by atoms with van der Waals surface area (Å²) in [7, 11) is -1.97.